The van der Waals surface area contributed by atoms with Crippen LogP contribution in [0.3, 0.4) is 0 Å². The second-order valence-electron chi connectivity index (χ2n) is 5.86. The standard InChI is InChI=1S/C15H24N2O2S/c1-7-19-14(18)11-8-16-12(9-20-15(4,5)6)17-13(11)10(2)3/h8,10H,7,9H2,1-6H3. The van der Waals surface area contributed by atoms with E-state index in [1.54, 1.807) is 24.9 Å². The van der Waals surface area contributed by atoms with Gasteiger partial charge in [-0.3, -0.25) is 0 Å². The van der Waals surface area contributed by atoms with Gasteiger partial charge in [0.05, 0.1) is 23.6 Å². The van der Waals surface area contributed by atoms with Crippen LogP contribution in [-0.2, 0) is 10.5 Å². The molecule has 20 heavy (non-hydrogen) atoms. The molecule has 0 saturated carbocycles. The Balaban J connectivity index is 2.98. The minimum absolute atomic E-state index is 0.163. The minimum Gasteiger partial charge on any atom is -0.462 e. The third-order valence-corrected chi connectivity index (χ3v) is 3.81. The summed E-state index contributed by atoms with van der Waals surface area (Å²) >= 11 is 1.79. The maximum Gasteiger partial charge on any atom is 0.341 e. The van der Waals surface area contributed by atoms with Crippen molar-refractivity contribution in [1.82, 2.24) is 9.97 Å². The van der Waals surface area contributed by atoms with Gasteiger partial charge in [-0.05, 0) is 12.8 Å². The third kappa shape index (κ3) is 5.12. The van der Waals surface area contributed by atoms with Gasteiger partial charge in [0.25, 0.3) is 0 Å². The zero-order chi connectivity index (χ0) is 15.3. The monoisotopic (exact) mass is 296 g/mol. The van der Waals surface area contributed by atoms with Crippen molar-refractivity contribution in [2.24, 2.45) is 0 Å². The molecule has 1 heterocycles. The summed E-state index contributed by atoms with van der Waals surface area (Å²) in [6, 6.07) is 0. The molecule has 0 spiro atoms. The maximum absolute atomic E-state index is 11.9. The van der Waals surface area contributed by atoms with Crippen LogP contribution in [0.25, 0.3) is 0 Å². The molecule has 0 aliphatic heterocycles. The number of rotatable bonds is 5. The molecule has 0 N–H and O–H groups in total. The zero-order valence-electron chi connectivity index (χ0n) is 13.2. The van der Waals surface area contributed by atoms with Crippen molar-refractivity contribution in [2.45, 2.75) is 58.0 Å². The molecule has 0 saturated heterocycles. The van der Waals surface area contributed by atoms with Crippen molar-refractivity contribution in [3.05, 3.63) is 23.3 Å². The van der Waals surface area contributed by atoms with Crippen LogP contribution < -0.4 is 0 Å². The Morgan fingerprint density at radius 2 is 2.05 bits per heavy atom. The molecule has 4 nitrogen and oxygen atoms in total. The number of carbonyl (C=O) groups excluding carboxylic acids is 1. The number of hydrogen-bond donors (Lipinski definition) is 0. The summed E-state index contributed by atoms with van der Waals surface area (Å²) in [6.45, 7) is 12.7. The Morgan fingerprint density at radius 1 is 1.40 bits per heavy atom. The SMILES string of the molecule is CCOC(=O)c1cnc(CSC(C)(C)C)nc1C(C)C. The fourth-order valence-corrected chi connectivity index (χ4v) is 2.29. The summed E-state index contributed by atoms with van der Waals surface area (Å²) in [7, 11) is 0. The van der Waals surface area contributed by atoms with Gasteiger partial charge >= 0.3 is 5.97 Å². The van der Waals surface area contributed by atoms with Crippen LogP contribution in [0.2, 0.25) is 0 Å². The van der Waals surface area contributed by atoms with E-state index in [9.17, 15) is 4.79 Å². The van der Waals surface area contributed by atoms with E-state index in [0.717, 1.165) is 17.3 Å². The molecular weight excluding hydrogens is 272 g/mol. The third-order valence-electron chi connectivity index (χ3n) is 2.54. The van der Waals surface area contributed by atoms with Crippen LogP contribution in [0, 0.1) is 0 Å². The van der Waals surface area contributed by atoms with E-state index in [4.69, 9.17) is 4.74 Å². The predicted molar refractivity (Wildman–Crippen MR) is 83.1 cm³/mol. The molecule has 0 bridgehead atoms. The quantitative estimate of drug-likeness (QED) is 0.773. The summed E-state index contributed by atoms with van der Waals surface area (Å²) in [6.07, 6.45) is 1.60. The number of esters is 1. The van der Waals surface area contributed by atoms with Crippen LogP contribution >= 0.6 is 11.8 Å². The van der Waals surface area contributed by atoms with E-state index < -0.39 is 0 Å². The van der Waals surface area contributed by atoms with E-state index in [0.29, 0.717) is 12.2 Å². The van der Waals surface area contributed by atoms with E-state index in [1.165, 1.54) is 0 Å². The fraction of sp³-hybridized carbons (Fsp3) is 0.667. The van der Waals surface area contributed by atoms with Crippen LogP contribution in [0.4, 0.5) is 0 Å². The summed E-state index contributed by atoms with van der Waals surface area (Å²) in [5.74, 6) is 1.33. The van der Waals surface area contributed by atoms with Gasteiger partial charge in [0.2, 0.25) is 0 Å². The first-order chi connectivity index (χ1) is 9.24. The largest absolute Gasteiger partial charge is 0.462 e. The Kier molecular flexibility index (Phi) is 5.99. The lowest BCUT2D eigenvalue weighted by atomic mass is 10.1. The molecular formula is C15H24N2O2S. The van der Waals surface area contributed by atoms with Crippen molar-refractivity contribution in [3.8, 4) is 0 Å². The van der Waals surface area contributed by atoms with Gasteiger partial charge in [0.1, 0.15) is 5.82 Å². The lowest BCUT2D eigenvalue weighted by Gasteiger charge is -2.17. The van der Waals surface area contributed by atoms with E-state index in [1.807, 2.05) is 13.8 Å². The van der Waals surface area contributed by atoms with Crippen LogP contribution in [0.1, 0.15) is 69.3 Å². The second-order valence-corrected chi connectivity index (χ2v) is 7.66. The minimum atomic E-state index is -0.341. The van der Waals surface area contributed by atoms with Gasteiger partial charge in [-0.2, -0.15) is 0 Å². The van der Waals surface area contributed by atoms with Crippen molar-refractivity contribution in [3.63, 3.8) is 0 Å². The highest BCUT2D eigenvalue weighted by atomic mass is 32.2. The van der Waals surface area contributed by atoms with Crippen molar-refractivity contribution >= 4 is 17.7 Å². The topological polar surface area (TPSA) is 52.1 Å². The highest BCUT2D eigenvalue weighted by Crippen LogP contribution is 2.27. The van der Waals surface area contributed by atoms with Crippen LogP contribution in [0.15, 0.2) is 6.20 Å². The number of hydrogen-bond acceptors (Lipinski definition) is 5. The number of nitrogens with zero attached hydrogens (tertiary/aromatic N) is 2. The van der Waals surface area contributed by atoms with E-state index >= 15 is 0 Å². The molecule has 0 amide bonds. The average Bonchev–Trinajstić information content (AvgIpc) is 2.35. The summed E-state index contributed by atoms with van der Waals surface area (Å²) in [5.41, 5.74) is 1.24. The lowest BCUT2D eigenvalue weighted by molar-refractivity contribution is 0.0523. The number of ether oxygens (including phenoxy) is 1. The fourth-order valence-electron chi connectivity index (χ4n) is 1.59. The lowest BCUT2D eigenvalue weighted by Crippen LogP contribution is -2.14. The number of aromatic nitrogens is 2. The number of carbonyl (C=O) groups is 1. The molecule has 0 fully saturated rings. The smallest absolute Gasteiger partial charge is 0.341 e. The summed E-state index contributed by atoms with van der Waals surface area (Å²) in [5, 5.41) is 0. The second kappa shape index (κ2) is 7.07. The van der Waals surface area contributed by atoms with Crippen molar-refractivity contribution in [2.75, 3.05) is 6.61 Å². The molecule has 5 heteroatoms. The molecule has 0 atom stereocenters. The maximum atomic E-state index is 11.9. The molecule has 0 aliphatic rings. The molecule has 0 aliphatic carbocycles. The molecule has 112 valence electrons. The molecule has 1 aromatic heterocycles. The van der Waals surface area contributed by atoms with E-state index in [-0.39, 0.29) is 16.6 Å². The Bertz CT molecular complexity index is 467. The predicted octanol–water partition coefficient (Wildman–Crippen LogP) is 3.81. The van der Waals surface area contributed by atoms with E-state index in [2.05, 4.69) is 30.7 Å². The average molecular weight is 296 g/mol. The van der Waals surface area contributed by atoms with Crippen molar-refractivity contribution in [1.29, 1.82) is 0 Å². The zero-order valence-corrected chi connectivity index (χ0v) is 14.0. The molecule has 1 aromatic rings. The summed E-state index contributed by atoms with van der Waals surface area (Å²) < 4.78 is 5.22. The van der Waals surface area contributed by atoms with Gasteiger partial charge in [0.15, 0.2) is 0 Å². The first-order valence-corrected chi connectivity index (χ1v) is 7.90. The van der Waals surface area contributed by atoms with Gasteiger partial charge in [-0.1, -0.05) is 34.6 Å². The normalized spacial score (nSPS) is 11.8. The Labute approximate surface area is 125 Å². The Morgan fingerprint density at radius 3 is 2.55 bits per heavy atom. The molecule has 0 aromatic carbocycles. The number of thioether (sulfide) groups is 1. The molecule has 0 unspecified atom stereocenters. The molecule has 1 rings (SSSR count). The highest BCUT2D eigenvalue weighted by molar-refractivity contribution is 7.99. The Hall–Kier alpha value is -1.10. The van der Waals surface area contributed by atoms with Crippen molar-refractivity contribution < 1.29 is 9.53 Å². The van der Waals surface area contributed by atoms with Crippen LogP contribution in [-0.4, -0.2) is 27.3 Å². The first kappa shape index (κ1) is 17.0. The van der Waals surface area contributed by atoms with Gasteiger partial charge in [-0.25, -0.2) is 14.8 Å². The van der Waals surface area contributed by atoms with Gasteiger partial charge < -0.3 is 4.74 Å². The van der Waals surface area contributed by atoms with Gasteiger partial charge in [-0.15, -0.1) is 11.8 Å². The molecule has 0 radical (unpaired) electrons. The first-order valence-electron chi connectivity index (χ1n) is 6.91. The van der Waals surface area contributed by atoms with Crippen LogP contribution in [0.5, 0.6) is 0 Å². The summed E-state index contributed by atoms with van der Waals surface area (Å²) in [4.78, 5) is 20.7. The highest BCUT2D eigenvalue weighted by Gasteiger charge is 2.19. The van der Waals surface area contributed by atoms with Gasteiger partial charge in [0, 0.05) is 10.9 Å².